The van der Waals surface area contributed by atoms with Crippen LogP contribution in [0.3, 0.4) is 0 Å². The van der Waals surface area contributed by atoms with E-state index >= 15 is 0 Å². The van der Waals surface area contributed by atoms with E-state index < -0.39 is 79.5 Å². The van der Waals surface area contributed by atoms with Gasteiger partial charge in [-0.3, -0.25) is 0 Å². The van der Waals surface area contributed by atoms with Crippen molar-refractivity contribution >= 4 is 5.97 Å². The molecule has 3 rings (SSSR count). The van der Waals surface area contributed by atoms with Gasteiger partial charge in [0, 0.05) is 11.8 Å². The van der Waals surface area contributed by atoms with Crippen LogP contribution in [0.5, 0.6) is 0 Å². The molecule has 0 amide bonds. The summed E-state index contributed by atoms with van der Waals surface area (Å²) >= 11 is 0. The van der Waals surface area contributed by atoms with Crippen molar-refractivity contribution in [3.63, 3.8) is 0 Å². The second-order valence-corrected chi connectivity index (χ2v) is 7.35. The molecule has 2 unspecified atom stereocenters. The second-order valence-electron chi connectivity index (χ2n) is 7.35. The van der Waals surface area contributed by atoms with E-state index in [2.05, 4.69) is 0 Å². The number of rotatable bonds is 4. The lowest BCUT2D eigenvalue weighted by atomic mass is 9.82. The predicted octanol–water partition coefficient (Wildman–Crippen LogP) is -3.18. The van der Waals surface area contributed by atoms with Crippen LogP contribution in [-0.4, -0.2) is 99.5 Å². The average molecular weight is 406 g/mol. The molecule has 3 aliphatic rings. The molecule has 11 atom stereocenters. The number of methoxy groups -OCH3 is 1. The maximum absolute atomic E-state index is 12.0. The van der Waals surface area contributed by atoms with E-state index in [4.69, 9.17) is 18.9 Å². The van der Waals surface area contributed by atoms with Gasteiger partial charge >= 0.3 is 5.97 Å². The number of ether oxygens (including phenoxy) is 4. The zero-order valence-corrected chi connectivity index (χ0v) is 15.4. The highest BCUT2D eigenvalue weighted by molar-refractivity contribution is 5.89. The van der Waals surface area contributed by atoms with Gasteiger partial charge in [0.05, 0.1) is 37.8 Å². The van der Waals surface area contributed by atoms with Crippen LogP contribution in [0.4, 0.5) is 0 Å². The van der Waals surface area contributed by atoms with Gasteiger partial charge in [0.25, 0.3) is 0 Å². The van der Waals surface area contributed by atoms with Crippen molar-refractivity contribution in [3.05, 3.63) is 11.8 Å². The fourth-order valence-corrected chi connectivity index (χ4v) is 4.16. The maximum atomic E-state index is 12.0. The van der Waals surface area contributed by atoms with Crippen LogP contribution < -0.4 is 0 Å². The lowest BCUT2D eigenvalue weighted by molar-refractivity contribution is -0.343. The Hall–Kier alpha value is -1.31. The molecule has 1 saturated carbocycles. The van der Waals surface area contributed by atoms with E-state index in [1.807, 2.05) is 0 Å². The number of aliphatic hydroxyl groups is 6. The standard InChI is InChI=1S/C17H26O11/c1-5-8-9(12(21)10(5)19)6(15(24)25-2)4-26-16(8)28-17-14(23)13(22)11(20)7(3-18)27-17/h4-5,7-14,16-23H,3H2,1-2H3/t5-,7-,8?,9?,10+,11-,12-,13+,14-,16+,17+/m1/s1. The first-order valence-corrected chi connectivity index (χ1v) is 8.98. The molecule has 11 nitrogen and oxygen atoms in total. The maximum Gasteiger partial charge on any atom is 0.337 e. The van der Waals surface area contributed by atoms with Crippen molar-refractivity contribution in [1.82, 2.24) is 0 Å². The Bertz CT molecular complexity index is 608. The topological polar surface area (TPSA) is 175 Å². The van der Waals surface area contributed by atoms with Crippen LogP contribution in [0.2, 0.25) is 0 Å². The highest BCUT2D eigenvalue weighted by Crippen LogP contribution is 2.47. The van der Waals surface area contributed by atoms with Gasteiger partial charge in [-0.2, -0.15) is 0 Å². The predicted molar refractivity (Wildman–Crippen MR) is 88.0 cm³/mol. The molecule has 2 aliphatic heterocycles. The van der Waals surface area contributed by atoms with Gasteiger partial charge in [0.2, 0.25) is 6.29 Å². The molecular weight excluding hydrogens is 380 g/mol. The fourth-order valence-electron chi connectivity index (χ4n) is 4.16. The highest BCUT2D eigenvalue weighted by atomic mass is 16.8. The summed E-state index contributed by atoms with van der Waals surface area (Å²) in [5.74, 6) is -2.82. The molecule has 2 heterocycles. The molecule has 0 radical (unpaired) electrons. The minimum absolute atomic E-state index is 0.0389. The molecule has 11 heteroatoms. The van der Waals surface area contributed by atoms with E-state index in [0.29, 0.717) is 0 Å². The molecule has 6 N–H and O–H groups in total. The number of carbonyl (C=O) groups is 1. The zero-order chi connectivity index (χ0) is 20.7. The SMILES string of the molecule is COC(=O)C1=CO[C@@H](O[C@@H]2O[C@H](CO)[C@@H](O)[C@H](O)[C@H]2O)C2C1[C@@H](O)[C@@H](O)[C@@H]2C. The van der Waals surface area contributed by atoms with E-state index in [1.165, 1.54) is 7.11 Å². The molecule has 2 fully saturated rings. The van der Waals surface area contributed by atoms with Crippen LogP contribution in [0.15, 0.2) is 11.8 Å². The first-order chi connectivity index (χ1) is 13.2. The Morgan fingerprint density at radius 2 is 1.71 bits per heavy atom. The highest BCUT2D eigenvalue weighted by Gasteiger charge is 2.57. The Morgan fingerprint density at radius 3 is 2.32 bits per heavy atom. The normalized spacial score (nSPS) is 48.4. The minimum Gasteiger partial charge on any atom is -0.472 e. The van der Waals surface area contributed by atoms with E-state index in [9.17, 15) is 35.4 Å². The number of esters is 1. The molecule has 0 aromatic carbocycles. The van der Waals surface area contributed by atoms with Gasteiger partial charge in [0.15, 0.2) is 6.29 Å². The van der Waals surface area contributed by atoms with Gasteiger partial charge < -0.3 is 49.6 Å². The summed E-state index contributed by atoms with van der Waals surface area (Å²) in [6.45, 7) is 1.02. The van der Waals surface area contributed by atoms with Crippen LogP contribution in [0, 0.1) is 17.8 Å². The third kappa shape index (κ3) is 3.42. The van der Waals surface area contributed by atoms with Crippen LogP contribution in [0.1, 0.15) is 6.92 Å². The lowest BCUT2D eigenvalue weighted by Crippen LogP contribution is -2.60. The third-order valence-electron chi connectivity index (χ3n) is 5.82. The largest absolute Gasteiger partial charge is 0.472 e. The van der Waals surface area contributed by atoms with Crippen molar-refractivity contribution in [3.8, 4) is 0 Å². The number of hydrogen-bond donors (Lipinski definition) is 6. The quantitative estimate of drug-likeness (QED) is 0.260. The third-order valence-corrected chi connectivity index (χ3v) is 5.82. The molecule has 1 aliphatic carbocycles. The first-order valence-electron chi connectivity index (χ1n) is 8.98. The van der Waals surface area contributed by atoms with E-state index in [1.54, 1.807) is 6.92 Å². The summed E-state index contributed by atoms with van der Waals surface area (Å²) in [7, 11) is 1.18. The number of hydrogen-bond acceptors (Lipinski definition) is 11. The van der Waals surface area contributed by atoms with Gasteiger partial charge in [0.1, 0.15) is 24.4 Å². The van der Waals surface area contributed by atoms with Crippen molar-refractivity contribution in [2.45, 2.75) is 56.1 Å². The Balaban J connectivity index is 1.84. The summed E-state index contributed by atoms with van der Waals surface area (Å²) in [4.78, 5) is 12.0. The first kappa shape index (κ1) is 21.4. The Morgan fingerprint density at radius 1 is 1.04 bits per heavy atom. The summed E-state index contributed by atoms with van der Waals surface area (Å²) in [5, 5.41) is 59.9. The number of fused-ring (bicyclic) bond motifs is 1. The summed E-state index contributed by atoms with van der Waals surface area (Å²) in [5.41, 5.74) is 0.0389. The van der Waals surface area contributed by atoms with Crippen molar-refractivity contribution < 1.29 is 54.4 Å². The minimum atomic E-state index is -1.64. The summed E-state index contributed by atoms with van der Waals surface area (Å²) < 4.78 is 21.1. The number of carbonyl (C=O) groups excluding carboxylic acids is 1. The molecule has 28 heavy (non-hydrogen) atoms. The summed E-state index contributed by atoms with van der Waals surface area (Å²) in [6.07, 6.45) is -9.96. The number of aliphatic hydroxyl groups excluding tert-OH is 6. The molecular formula is C17H26O11. The molecule has 1 saturated heterocycles. The van der Waals surface area contributed by atoms with E-state index in [-0.39, 0.29) is 5.57 Å². The summed E-state index contributed by atoms with van der Waals surface area (Å²) in [6, 6.07) is 0. The molecule has 160 valence electrons. The van der Waals surface area contributed by atoms with Crippen molar-refractivity contribution in [1.29, 1.82) is 0 Å². The molecule has 0 bridgehead atoms. The van der Waals surface area contributed by atoms with Gasteiger partial charge in [-0.1, -0.05) is 6.92 Å². The van der Waals surface area contributed by atoms with Gasteiger partial charge in [-0.15, -0.1) is 0 Å². The Labute approximate surface area is 160 Å². The second kappa shape index (κ2) is 8.20. The van der Waals surface area contributed by atoms with Gasteiger partial charge in [-0.05, 0) is 5.92 Å². The molecule has 0 aromatic rings. The molecule has 0 spiro atoms. The van der Waals surface area contributed by atoms with Crippen LogP contribution in [0.25, 0.3) is 0 Å². The average Bonchev–Trinajstić information content (AvgIpc) is 2.92. The van der Waals surface area contributed by atoms with Crippen molar-refractivity contribution in [2.75, 3.05) is 13.7 Å². The lowest BCUT2D eigenvalue weighted by Gasteiger charge is -2.43. The monoisotopic (exact) mass is 406 g/mol. The molecule has 0 aromatic heterocycles. The Kier molecular flexibility index (Phi) is 6.27. The van der Waals surface area contributed by atoms with Crippen LogP contribution in [-0.2, 0) is 23.7 Å². The van der Waals surface area contributed by atoms with Crippen LogP contribution >= 0.6 is 0 Å². The smallest absolute Gasteiger partial charge is 0.337 e. The van der Waals surface area contributed by atoms with Gasteiger partial charge in [-0.25, -0.2) is 4.79 Å². The fraction of sp³-hybridized carbons (Fsp3) is 0.824. The zero-order valence-electron chi connectivity index (χ0n) is 15.4. The van der Waals surface area contributed by atoms with Crippen molar-refractivity contribution in [2.24, 2.45) is 17.8 Å². The van der Waals surface area contributed by atoms with E-state index in [0.717, 1.165) is 6.26 Å².